The lowest BCUT2D eigenvalue weighted by atomic mass is 9.87. The fourth-order valence-electron chi connectivity index (χ4n) is 6.45. The van der Waals surface area contributed by atoms with E-state index in [4.69, 9.17) is 37.9 Å². The maximum absolute atomic E-state index is 13.1. The Balaban J connectivity index is 0.000000269. The van der Waals surface area contributed by atoms with Gasteiger partial charge in [0.1, 0.15) is 34.8 Å². The molecule has 1 aliphatic rings. The number of carbonyl (C=O) groups is 4. The molecule has 2 atom stereocenters. The number of benzene rings is 4. The van der Waals surface area contributed by atoms with Gasteiger partial charge in [-0.1, -0.05) is 52.4 Å². The third kappa shape index (κ3) is 12.4. The minimum Gasteiger partial charge on any atom is -0.497 e. The molecule has 15 heteroatoms. The summed E-state index contributed by atoms with van der Waals surface area (Å²) in [4.78, 5) is 50.1. The average molecular weight is 845 g/mol. The topological polar surface area (TPSA) is 186 Å². The first-order valence-corrected chi connectivity index (χ1v) is 20.0. The lowest BCUT2D eigenvalue weighted by Crippen LogP contribution is -2.35. The van der Waals surface area contributed by atoms with Crippen molar-refractivity contribution in [1.29, 1.82) is 0 Å². The molecule has 1 aliphatic heterocycles. The van der Waals surface area contributed by atoms with Gasteiger partial charge >= 0.3 is 5.97 Å². The highest BCUT2D eigenvalue weighted by molar-refractivity contribution is 6.22. The highest BCUT2D eigenvalue weighted by Crippen LogP contribution is 2.44. The molecular weight excluding hydrogens is 789 g/mol. The predicted octanol–water partition coefficient (Wildman–Crippen LogP) is 9.56. The summed E-state index contributed by atoms with van der Waals surface area (Å²) in [5.41, 5.74) is 1.03. The fraction of sp³-hybridized carbons (Fsp3) is 0.391. The third-order valence-electron chi connectivity index (χ3n) is 9.89. The number of methoxy groups -OCH3 is 6. The van der Waals surface area contributed by atoms with Crippen LogP contribution in [0.3, 0.4) is 0 Å². The van der Waals surface area contributed by atoms with Crippen LogP contribution < -0.4 is 48.5 Å². The maximum atomic E-state index is 13.1. The van der Waals surface area contributed by atoms with E-state index in [9.17, 15) is 24.3 Å². The molecule has 0 saturated heterocycles. The fourth-order valence-corrected chi connectivity index (χ4v) is 6.45. The van der Waals surface area contributed by atoms with Crippen LogP contribution in [0.1, 0.15) is 75.6 Å². The molecule has 0 radical (unpaired) electrons. The summed E-state index contributed by atoms with van der Waals surface area (Å²) in [6.45, 7) is 4.10. The van der Waals surface area contributed by atoms with Crippen molar-refractivity contribution in [3.05, 3.63) is 72.3 Å². The minimum absolute atomic E-state index is 0.213. The first-order chi connectivity index (χ1) is 29.4. The Hall–Kier alpha value is -6.64. The molecule has 0 fully saturated rings. The zero-order valence-corrected chi connectivity index (χ0v) is 36.0. The van der Waals surface area contributed by atoms with Crippen molar-refractivity contribution in [3.63, 3.8) is 0 Å². The molecule has 2 amide bonds. The smallest absolute Gasteiger partial charge is 0.316 e. The number of aliphatic carboxylic acids is 1. The SMILES string of the molecule is CCCCCC(C(=O)O)C(=O)Nc1cc(OC)ccc1Oc1ccc(OC)cc1OC.CCCCCC1C(=O)Nc2c(Oc3ccc(OC)cc3OC)cc(OC)cc2C1=O. The van der Waals surface area contributed by atoms with Crippen LogP contribution in [0.25, 0.3) is 0 Å². The normalized spacial score (nSPS) is 13.3. The number of unbranched alkanes of at least 4 members (excludes halogenated alkanes) is 4. The van der Waals surface area contributed by atoms with Crippen molar-refractivity contribution >= 4 is 34.9 Å². The molecule has 0 spiro atoms. The summed E-state index contributed by atoms with van der Waals surface area (Å²) < 4.78 is 43.8. The number of anilines is 2. The Morgan fingerprint density at radius 3 is 1.66 bits per heavy atom. The van der Waals surface area contributed by atoms with Crippen molar-refractivity contribution in [3.8, 4) is 57.5 Å². The molecule has 3 N–H and O–H groups in total. The van der Waals surface area contributed by atoms with Crippen molar-refractivity contribution < 1.29 is 62.2 Å². The Labute approximate surface area is 356 Å². The number of ketones is 1. The molecule has 328 valence electrons. The van der Waals surface area contributed by atoms with Gasteiger partial charge in [-0.3, -0.25) is 19.2 Å². The molecule has 5 rings (SSSR count). The van der Waals surface area contributed by atoms with E-state index < -0.39 is 23.7 Å². The van der Waals surface area contributed by atoms with E-state index in [0.717, 1.165) is 32.1 Å². The van der Waals surface area contributed by atoms with E-state index >= 15 is 0 Å². The summed E-state index contributed by atoms with van der Waals surface area (Å²) in [6, 6.07) is 18.3. The van der Waals surface area contributed by atoms with Crippen LogP contribution in [0.5, 0.6) is 57.5 Å². The van der Waals surface area contributed by atoms with E-state index in [2.05, 4.69) is 17.6 Å². The molecule has 2 unspecified atom stereocenters. The zero-order chi connectivity index (χ0) is 44.5. The van der Waals surface area contributed by atoms with Gasteiger partial charge in [-0.25, -0.2) is 0 Å². The first kappa shape index (κ1) is 47.0. The Bertz CT molecular complexity index is 2140. The lowest BCUT2D eigenvalue weighted by molar-refractivity contribution is -0.145. The number of nitrogens with one attached hydrogen (secondary N) is 2. The molecule has 4 aromatic rings. The van der Waals surface area contributed by atoms with Crippen molar-refractivity contribution in [2.75, 3.05) is 53.3 Å². The van der Waals surface area contributed by atoms with E-state index in [0.29, 0.717) is 87.3 Å². The molecule has 1 heterocycles. The minimum atomic E-state index is -1.16. The number of hydrogen-bond acceptors (Lipinski definition) is 12. The summed E-state index contributed by atoms with van der Waals surface area (Å²) >= 11 is 0. The molecule has 0 aromatic heterocycles. The van der Waals surface area contributed by atoms with Gasteiger partial charge in [0, 0.05) is 29.8 Å². The Morgan fingerprint density at radius 1 is 0.623 bits per heavy atom. The highest BCUT2D eigenvalue weighted by atomic mass is 16.5. The molecule has 61 heavy (non-hydrogen) atoms. The van der Waals surface area contributed by atoms with E-state index in [1.165, 1.54) is 28.4 Å². The van der Waals surface area contributed by atoms with Crippen LogP contribution in [0.2, 0.25) is 0 Å². The number of carboxylic acid groups (broad SMARTS) is 1. The standard InChI is InChI=1S/C23H29NO7.C23H27NO6/c1-5-6-7-8-17(23(26)27)22(25)24-18-13-15(28-2)9-11-19(18)31-20-12-10-16(29-3)14-21(20)30-4;1-5-6-7-8-16-22(25)17-11-15(28-3)13-20(21(17)24-23(16)26)30-18-10-9-14(27-2)12-19(18)29-4/h9-14,17H,5-8H2,1-4H3,(H,24,25)(H,26,27);9-13,16H,5-8H2,1-4H3,(H,24,26). The molecule has 15 nitrogen and oxygen atoms in total. The number of carboxylic acids is 1. The summed E-state index contributed by atoms with van der Waals surface area (Å²) in [5.74, 6) is 0.381. The number of hydrogen-bond donors (Lipinski definition) is 3. The molecular formula is C46H56N2O13. The summed E-state index contributed by atoms with van der Waals surface area (Å²) in [5, 5.41) is 15.0. The average Bonchev–Trinajstić information content (AvgIpc) is 3.27. The van der Waals surface area contributed by atoms with Crippen molar-refractivity contribution in [1.82, 2.24) is 0 Å². The van der Waals surface area contributed by atoms with E-state index in [-0.39, 0.29) is 18.1 Å². The quantitative estimate of drug-likeness (QED) is 0.0532. The second-order valence-electron chi connectivity index (χ2n) is 13.9. The van der Waals surface area contributed by atoms with Gasteiger partial charge in [0.05, 0.1) is 54.0 Å². The Morgan fingerprint density at radius 2 is 1.13 bits per heavy atom. The van der Waals surface area contributed by atoms with Gasteiger partial charge in [-0.2, -0.15) is 0 Å². The van der Waals surface area contributed by atoms with Gasteiger partial charge in [-0.15, -0.1) is 0 Å². The van der Waals surface area contributed by atoms with Crippen LogP contribution in [0.4, 0.5) is 11.4 Å². The van der Waals surface area contributed by atoms with Crippen LogP contribution in [-0.2, 0) is 14.4 Å². The number of ether oxygens (including phenoxy) is 8. The van der Waals surface area contributed by atoms with Crippen molar-refractivity contribution in [2.24, 2.45) is 11.8 Å². The summed E-state index contributed by atoms with van der Waals surface area (Å²) in [6.07, 6.45) is 6.08. The molecule has 4 aromatic carbocycles. The van der Waals surface area contributed by atoms with Gasteiger partial charge in [0.15, 0.2) is 40.3 Å². The molecule has 0 aliphatic carbocycles. The third-order valence-corrected chi connectivity index (χ3v) is 9.89. The van der Waals surface area contributed by atoms with Gasteiger partial charge < -0.3 is 53.6 Å². The maximum Gasteiger partial charge on any atom is 0.316 e. The van der Waals surface area contributed by atoms with Crippen LogP contribution in [0, 0.1) is 11.8 Å². The van der Waals surface area contributed by atoms with E-state index in [1.807, 2.05) is 6.92 Å². The monoisotopic (exact) mass is 844 g/mol. The largest absolute Gasteiger partial charge is 0.497 e. The number of rotatable bonds is 21. The molecule has 0 bridgehead atoms. The lowest BCUT2D eigenvalue weighted by Gasteiger charge is -2.26. The van der Waals surface area contributed by atoms with Gasteiger partial charge in [0.2, 0.25) is 11.8 Å². The highest BCUT2D eigenvalue weighted by Gasteiger charge is 2.36. The van der Waals surface area contributed by atoms with Gasteiger partial charge in [0.25, 0.3) is 0 Å². The van der Waals surface area contributed by atoms with Crippen LogP contribution >= 0.6 is 0 Å². The van der Waals surface area contributed by atoms with Crippen LogP contribution in [-0.4, -0.2) is 71.3 Å². The predicted molar refractivity (Wildman–Crippen MR) is 230 cm³/mol. The zero-order valence-electron chi connectivity index (χ0n) is 36.0. The number of amides is 2. The summed E-state index contributed by atoms with van der Waals surface area (Å²) in [7, 11) is 9.15. The molecule has 0 saturated carbocycles. The first-order valence-electron chi connectivity index (χ1n) is 20.0. The Kier molecular flexibility index (Phi) is 17.9. The second kappa shape index (κ2) is 23.2. The van der Waals surface area contributed by atoms with Gasteiger partial charge in [-0.05, 0) is 55.3 Å². The number of carbonyl (C=O) groups excluding carboxylic acids is 3. The van der Waals surface area contributed by atoms with E-state index in [1.54, 1.807) is 80.9 Å². The number of fused-ring (bicyclic) bond motifs is 1. The van der Waals surface area contributed by atoms with Crippen molar-refractivity contribution in [2.45, 2.75) is 65.2 Å². The second-order valence-corrected chi connectivity index (χ2v) is 13.9. The number of Topliss-reactive ketones (excluding diaryl/α,β-unsaturated/α-hetero) is 1. The van der Waals surface area contributed by atoms with Crippen LogP contribution in [0.15, 0.2) is 66.7 Å².